The molecule has 116 valence electrons. The molecule has 2 aromatic carbocycles. The highest BCUT2D eigenvalue weighted by Gasteiger charge is 2.18. The fourth-order valence-electron chi connectivity index (χ4n) is 2.13. The van der Waals surface area contributed by atoms with Crippen LogP contribution in [-0.2, 0) is 4.74 Å². The number of benzene rings is 2. The normalized spacial score (nSPS) is 12.0. The van der Waals surface area contributed by atoms with Gasteiger partial charge >= 0.3 is 5.97 Å². The molecule has 0 aliphatic carbocycles. The summed E-state index contributed by atoms with van der Waals surface area (Å²) in [4.78, 5) is 14.3. The van der Waals surface area contributed by atoms with Crippen LogP contribution in [0.15, 0.2) is 54.6 Å². The van der Waals surface area contributed by atoms with Gasteiger partial charge in [0.2, 0.25) is 0 Å². The Morgan fingerprint density at radius 1 is 1.05 bits per heavy atom. The maximum Gasteiger partial charge on any atom is 0.338 e. The maximum atomic E-state index is 12.3. The molecule has 0 spiro atoms. The lowest BCUT2D eigenvalue weighted by Crippen LogP contribution is -2.24. The summed E-state index contributed by atoms with van der Waals surface area (Å²) in [6.07, 6.45) is -0.300. The van der Waals surface area contributed by atoms with Crippen molar-refractivity contribution in [3.05, 3.63) is 65.7 Å². The van der Waals surface area contributed by atoms with Gasteiger partial charge < -0.3 is 14.4 Å². The minimum absolute atomic E-state index is 0.300. The third-order valence-corrected chi connectivity index (χ3v) is 3.28. The highest BCUT2D eigenvalue weighted by atomic mass is 16.5. The van der Waals surface area contributed by atoms with Gasteiger partial charge in [-0.3, -0.25) is 0 Å². The van der Waals surface area contributed by atoms with Crippen LogP contribution in [0.25, 0.3) is 0 Å². The van der Waals surface area contributed by atoms with Gasteiger partial charge in [0.1, 0.15) is 11.9 Å². The minimum Gasteiger partial charge on any atom is -0.497 e. The van der Waals surface area contributed by atoms with E-state index in [9.17, 15) is 4.79 Å². The number of carbonyl (C=O) groups is 1. The van der Waals surface area contributed by atoms with Gasteiger partial charge in [-0.25, -0.2) is 4.79 Å². The van der Waals surface area contributed by atoms with Crippen molar-refractivity contribution in [1.82, 2.24) is 4.90 Å². The Balaban J connectivity index is 2.13. The molecule has 0 saturated carbocycles. The van der Waals surface area contributed by atoms with Crippen LogP contribution >= 0.6 is 0 Å². The smallest absolute Gasteiger partial charge is 0.338 e. The van der Waals surface area contributed by atoms with E-state index in [2.05, 4.69) is 0 Å². The highest BCUT2D eigenvalue weighted by molar-refractivity contribution is 5.89. The SMILES string of the molecule is COc1ccc(C(=O)OC(CN(C)C)c2ccccc2)cc1. The monoisotopic (exact) mass is 299 g/mol. The average molecular weight is 299 g/mol. The first-order valence-corrected chi connectivity index (χ1v) is 7.15. The Morgan fingerprint density at radius 2 is 1.68 bits per heavy atom. The van der Waals surface area contributed by atoms with Gasteiger partial charge in [-0.1, -0.05) is 30.3 Å². The van der Waals surface area contributed by atoms with Crippen LogP contribution in [-0.4, -0.2) is 38.6 Å². The fourth-order valence-corrected chi connectivity index (χ4v) is 2.13. The topological polar surface area (TPSA) is 38.8 Å². The van der Waals surface area contributed by atoms with E-state index < -0.39 is 0 Å². The predicted molar refractivity (Wildman–Crippen MR) is 86.1 cm³/mol. The Hall–Kier alpha value is -2.33. The van der Waals surface area contributed by atoms with Crippen molar-refractivity contribution < 1.29 is 14.3 Å². The molecule has 4 heteroatoms. The molecule has 1 unspecified atom stereocenters. The number of nitrogens with zero attached hydrogens (tertiary/aromatic N) is 1. The number of esters is 1. The molecule has 0 aliphatic rings. The summed E-state index contributed by atoms with van der Waals surface area (Å²) in [6.45, 7) is 0.631. The molecule has 22 heavy (non-hydrogen) atoms. The van der Waals surface area contributed by atoms with Gasteiger partial charge in [-0.05, 0) is 43.9 Å². The summed E-state index contributed by atoms with van der Waals surface area (Å²) in [5.41, 5.74) is 1.50. The number of rotatable bonds is 6. The summed E-state index contributed by atoms with van der Waals surface area (Å²) in [5.74, 6) is 0.378. The summed E-state index contributed by atoms with van der Waals surface area (Å²) in [7, 11) is 5.50. The van der Waals surface area contributed by atoms with E-state index in [4.69, 9.17) is 9.47 Å². The Kier molecular flexibility index (Phi) is 5.55. The van der Waals surface area contributed by atoms with Crippen molar-refractivity contribution in [3.8, 4) is 5.75 Å². The zero-order chi connectivity index (χ0) is 15.9. The van der Waals surface area contributed by atoms with Crippen LogP contribution in [0.5, 0.6) is 5.75 Å². The van der Waals surface area contributed by atoms with Crippen molar-refractivity contribution in [2.45, 2.75) is 6.10 Å². The predicted octanol–water partition coefficient (Wildman–Crippen LogP) is 3.15. The van der Waals surface area contributed by atoms with Crippen molar-refractivity contribution in [1.29, 1.82) is 0 Å². The molecule has 2 rings (SSSR count). The molecule has 2 aromatic rings. The molecule has 0 radical (unpaired) electrons. The van der Waals surface area contributed by atoms with Crippen molar-refractivity contribution >= 4 is 5.97 Å². The van der Waals surface area contributed by atoms with Crippen molar-refractivity contribution in [2.24, 2.45) is 0 Å². The highest BCUT2D eigenvalue weighted by Crippen LogP contribution is 2.21. The third kappa shape index (κ3) is 4.33. The summed E-state index contributed by atoms with van der Waals surface area (Å²) in [6, 6.07) is 16.7. The van der Waals surface area contributed by atoms with Crippen molar-refractivity contribution in [3.63, 3.8) is 0 Å². The first-order chi connectivity index (χ1) is 10.6. The largest absolute Gasteiger partial charge is 0.497 e. The molecule has 0 amide bonds. The second-order valence-electron chi connectivity index (χ2n) is 5.30. The van der Waals surface area contributed by atoms with Gasteiger partial charge in [-0.2, -0.15) is 0 Å². The third-order valence-electron chi connectivity index (χ3n) is 3.28. The number of likely N-dealkylation sites (N-methyl/N-ethyl adjacent to an activating group) is 1. The molecular formula is C18H21NO3. The van der Waals surface area contributed by atoms with Crippen LogP contribution in [0.1, 0.15) is 22.0 Å². The van der Waals surface area contributed by atoms with E-state index in [1.807, 2.05) is 49.3 Å². The lowest BCUT2D eigenvalue weighted by molar-refractivity contribution is 0.0236. The second-order valence-corrected chi connectivity index (χ2v) is 5.30. The maximum absolute atomic E-state index is 12.3. The lowest BCUT2D eigenvalue weighted by atomic mass is 10.1. The van der Waals surface area contributed by atoms with Crippen LogP contribution in [0, 0.1) is 0 Å². The Morgan fingerprint density at radius 3 is 2.23 bits per heavy atom. The van der Waals surface area contributed by atoms with Crippen LogP contribution in [0.3, 0.4) is 0 Å². The van der Waals surface area contributed by atoms with Crippen LogP contribution in [0.4, 0.5) is 0 Å². The minimum atomic E-state index is -0.335. The molecule has 0 fully saturated rings. The van der Waals surface area contributed by atoms with Gasteiger partial charge in [-0.15, -0.1) is 0 Å². The van der Waals surface area contributed by atoms with Gasteiger partial charge in [0.25, 0.3) is 0 Å². The number of ether oxygens (including phenoxy) is 2. The molecule has 0 heterocycles. The lowest BCUT2D eigenvalue weighted by Gasteiger charge is -2.22. The molecule has 0 saturated heterocycles. The Labute approximate surface area is 131 Å². The van der Waals surface area contributed by atoms with Gasteiger partial charge in [0.15, 0.2) is 0 Å². The van der Waals surface area contributed by atoms with E-state index in [1.165, 1.54) is 0 Å². The zero-order valence-electron chi connectivity index (χ0n) is 13.2. The standard InChI is InChI=1S/C18H21NO3/c1-19(2)13-17(14-7-5-4-6-8-14)22-18(20)15-9-11-16(21-3)12-10-15/h4-12,17H,13H2,1-3H3. The first kappa shape index (κ1) is 16.0. The molecule has 0 aromatic heterocycles. The van der Waals surface area contributed by atoms with Crippen LogP contribution < -0.4 is 4.74 Å². The molecule has 0 N–H and O–H groups in total. The molecule has 0 bridgehead atoms. The zero-order valence-corrected chi connectivity index (χ0v) is 13.2. The van der Waals surface area contributed by atoms with E-state index in [1.54, 1.807) is 31.4 Å². The number of methoxy groups -OCH3 is 1. The summed E-state index contributed by atoms with van der Waals surface area (Å²) in [5, 5.41) is 0. The van der Waals surface area contributed by atoms with Crippen LogP contribution in [0.2, 0.25) is 0 Å². The quantitative estimate of drug-likeness (QED) is 0.768. The molecular weight excluding hydrogens is 278 g/mol. The summed E-state index contributed by atoms with van der Waals surface area (Å²) >= 11 is 0. The van der Waals surface area contributed by atoms with E-state index in [0.717, 1.165) is 5.56 Å². The Bertz CT molecular complexity index is 593. The first-order valence-electron chi connectivity index (χ1n) is 7.15. The average Bonchev–Trinajstić information content (AvgIpc) is 2.54. The number of hydrogen-bond acceptors (Lipinski definition) is 4. The van der Waals surface area contributed by atoms with E-state index in [0.29, 0.717) is 17.9 Å². The summed E-state index contributed by atoms with van der Waals surface area (Å²) < 4.78 is 10.8. The van der Waals surface area contributed by atoms with E-state index in [-0.39, 0.29) is 12.1 Å². The molecule has 0 aliphatic heterocycles. The van der Waals surface area contributed by atoms with Gasteiger partial charge in [0.05, 0.1) is 12.7 Å². The fraction of sp³-hybridized carbons (Fsp3) is 0.278. The van der Waals surface area contributed by atoms with Gasteiger partial charge in [0, 0.05) is 6.54 Å². The number of hydrogen-bond donors (Lipinski definition) is 0. The molecule has 1 atom stereocenters. The molecule has 4 nitrogen and oxygen atoms in total. The second kappa shape index (κ2) is 7.61. The van der Waals surface area contributed by atoms with E-state index >= 15 is 0 Å². The van der Waals surface area contributed by atoms with Crippen molar-refractivity contribution in [2.75, 3.05) is 27.7 Å². The number of carbonyl (C=O) groups excluding carboxylic acids is 1.